The standard InChI is InChI=1S/FH.Li.2Mg.Na.6H/h1H;;;;;;;;;;. The van der Waals surface area contributed by atoms with E-state index in [0.717, 1.165) is 0 Å². The Balaban J connectivity index is 0. The molecule has 0 rings (SSSR count). The van der Waals surface area contributed by atoms with Gasteiger partial charge in [-0.25, -0.2) is 0 Å². The van der Waals surface area contributed by atoms with Gasteiger partial charge in [-0.3, -0.25) is 4.70 Å². The Bertz CT molecular complexity index is 9.61. The third-order valence-corrected chi connectivity index (χ3v) is 0. The van der Waals surface area contributed by atoms with Crippen molar-refractivity contribution in [2.24, 2.45) is 0 Å². The summed E-state index contributed by atoms with van der Waals surface area (Å²) in [6.07, 6.45) is 0. The van der Waals surface area contributed by atoms with Crippen molar-refractivity contribution >= 4 is 94.5 Å². The molecule has 5 heteroatoms. The first-order valence-corrected chi connectivity index (χ1v) is 0. The van der Waals surface area contributed by atoms with Crippen LogP contribution in [0.15, 0.2) is 0 Å². The Labute approximate surface area is 97.3 Å². The summed E-state index contributed by atoms with van der Waals surface area (Å²) in [6, 6.07) is 0. The molecule has 0 bridgehead atoms. The van der Waals surface area contributed by atoms with Crippen LogP contribution in [0, 0.1) is 0 Å². The number of hydrogen-bond acceptors (Lipinski definition) is 0. The minimum absolute atomic E-state index is 0. The zero-order valence-electron chi connectivity index (χ0n) is 0.408. The second-order valence-electron chi connectivity index (χ2n) is 0. The second kappa shape index (κ2) is 27.7. The van der Waals surface area contributed by atoms with Crippen LogP contribution in [0.3, 0.4) is 0 Å². The average molecular weight is 105 g/mol. The summed E-state index contributed by atoms with van der Waals surface area (Å²) in [5, 5.41) is 0. The fourth-order valence-corrected chi connectivity index (χ4v) is 0. The predicted molar refractivity (Wildman–Crippen MR) is 33.9 cm³/mol. The molecule has 0 fully saturated rings. The van der Waals surface area contributed by atoms with Gasteiger partial charge in [0, 0.05) is 0 Å². The molecular formula is H7FLiMg2Na. The molecule has 0 spiro atoms. The van der Waals surface area contributed by atoms with E-state index in [1.165, 1.54) is 0 Å². The van der Waals surface area contributed by atoms with Crippen LogP contribution >= 0.6 is 0 Å². The number of halogens is 1. The number of hydrogen-bond donors (Lipinski definition) is 0. The van der Waals surface area contributed by atoms with E-state index in [1.54, 1.807) is 0 Å². The Morgan fingerprint density at radius 2 is 0.800 bits per heavy atom. The predicted octanol–water partition coefficient (Wildman–Crippen LogP) is -2.98. The van der Waals surface area contributed by atoms with Crippen LogP contribution in [0.5, 0.6) is 0 Å². The van der Waals surface area contributed by atoms with Crippen molar-refractivity contribution in [3.05, 3.63) is 0 Å². The van der Waals surface area contributed by atoms with Gasteiger partial charge in [-0.05, 0) is 0 Å². The molecule has 0 aliphatic rings. The van der Waals surface area contributed by atoms with Gasteiger partial charge in [0.15, 0.2) is 0 Å². The Morgan fingerprint density at radius 1 is 0.800 bits per heavy atom. The van der Waals surface area contributed by atoms with Crippen LogP contribution in [0.4, 0.5) is 4.70 Å². The van der Waals surface area contributed by atoms with Gasteiger partial charge in [-0.15, -0.1) is 0 Å². The van der Waals surface area contributed by atoms with Crippen LogP contribution < -0.4 is 0 Å². The summed E-state index contributed by atoms with van der Waals surface area (Å²) in [5.74, 6) is 0. The quantitative estimate of drug-likeness (QED) is 0.288. The van der Waals surface area contributed by atoms with Crippen molar-refractivity contribution in [1.29, 1.82) is 0 Å². The Hall–Kier alpha value is 3.06. The van der Waals surface area contributed by atoms with E-state index in [-0.39, 0.29) is 99.2 Å². The molecule has 0 saturated heterocycles. The molecule has 0 aromatic heterocycles. The summed E-state index contributed by atoms with van der Waals surface area (Å²) in [6.45, 7) is 0. The zero-order chi connectivity index (χ0) is 0. The molecule has 0 nitrogen and oxygen atoms in total. The molecule has 0 N–H and O–H groups in total. The fourth-order valence-electron chi connectivity index (χ4n) is 0. The second-order valence-corrected chi connectivity index (χ2v) is 0. The first-order valence-electron chi connectivity index (χ1n) is 0. The van der Waals surface area contributed by atoms with Gasteiger partial charge in [-0.1, -0.05) is 0 Å². The summed E-state index contributed by atoms with van der Waals surface area (Å²) in [7, 11) is 0. The van der Waals surface area contributed by atoms with Gasteiger partial charge < -0.3 is 0 Å². The zero-order valence-corrected chi connectivity index (χ0v) is 0.408. The van der Waals surface area contributed by atoms with Crippen molar-refractivity contribution in [2.45, 2.75) is 0 Å². The van der Waals surface area contributed by atoms with E-state index < -0.39 is 0 Å². The van der Waals surface area contributed by atoms with E-state index >= 15 is 0 Å². The molecular weight excluding hydrogens is 97.5 g/mol. The van der Waals surface area contributed by atoms with Crippen molar-refractivity contribution in [3.63, 3.8) is 0 Å². The van der Waals surface area contributed by atoms with Crippen molar-refractivity contribution in [2.75, 3.05) is 0 Å². The average Bonchev–Trinajstić information content (AvgIpc) is 0. The maximum atomic E-state index is 0. The SMILES string of the molecule is F.[LiH].[MgH2].[MgH2].[NaH]. The minimum atomic E-state index is 0. The van der Waals surface area contributed by atoms with Crippen molar-refractivity contribution in [3.8, 4) is 0 Å². The Kier molecular flexibility index (Phi) is 238. The van der Waals surface area contributed by atoms with Crippen molar-refractivity contribution in [1.82, 2.24) is 0 Å². The first-order chi connectivity index (χ1) is 0. The maximum absolute atomic E-state index is 0. The molecule has 0 heterocycles. The van der Waals surface area contributed by atoms with E-state index in [4.69, 9.17) is 0 Å². The van der Waals surface area contributed by atoms with Crippen LogP contribution in [-0.2, 0) is 0 Å². The van der Waals surface area contributed by atoms with Gasteiger partial charge in [0.2, 0.25) is 0 Å². The van der Waals surface area contributed by atoms with E-state index in [1.807, 2.05) is 0 Å². The molecule has 0 unspecified atom stereocenters. The van der Waals surface area contributed by atoms with E-state index in [2.05, 4.69) is 0 Å². The summed E-state index contributed by atoms with van der Waals surface area (Å²) >= 11 is 0. The molecule has 0 amide bonds. The van der Waals surface area contributed by atoms with Crippen LogP contribution in [0.25, 0.3) is 0 Å². The molecule has 0 saturated carbocycles. The fraction of sp³-hybridized carbons (Fsp3) is 0. The van der Waals surface area contributed by atoms with Crippen LogP contribution in [-0.4, -0.2) is 94.5 Å². The van der Waals surface area contributed by atoms with Gasteiger partial charge in [0.1, 0.15) is 0 Å². The molecule has 0 aliphatic carbocycles. The van der Waals surface area contributed by atoms with Crippen molar-refractivity contribution < 1.29 is 4.70 Å². The Morgan fingerprint density at radius 3 is 0.800 bits per heavy atom. The molecule has 5 heavy (non-hydrogen) atoms. The molecule has 0 atom stereocenters. The third kappa shape index (κ3) is 19.3. The van der Waals surface area contributed by atoms with Gasteiger partial charge in [-0.2, -0.15) is 0 Å². The molecule has 0 aliphatic heterocycles. The normalized spacial score (nSPS) is 0. The summed E-state index contributed by atoms with van der Waals surface area (Å²) in [5.41, 5.74) is 0. The third-order valence-electron chi connectivity index (χ3n) is 0. The molecule has 0 radical (unpaired) electrons. The van der Waals surface area contributed by atoms with Gasteiger partial charge >= 0.3 is 94.5 Å². The van der Waals surface area contributed by atoms with E-state index in [0.29, 0.717) is 0 Å². The summed E-state index contributed by atoms with van der Waals surface area (Å²) < 4.78 is 0. The van der Waals surface area contributed by atoms with Gasteiger partial charge in [0.25, 0.3) is 0 Å². The van der Waals surface area contributed by atoms with Crippen LogP contribution in [0.1, 0.15) is 0 Å². The topological polar surface area (TPSA) is 0 Å². The van der Waals surface area contributed by atoms with Gasteiger partial charge in [0.05, 0.1) is 0 Å². The van der Waals surface area contributed by atoms with E-state index in [9.17, 15) is 0 Å². The molecule has 0 aromatic carbocycles. The molecule has 20 valence electrons. The summed E-state index contributed by atoms with van der Waals surface area (Å²) in [4.78, 5) is 0. The molecule has 0 aromatic rings. The monoisotopic (exact) mass is 104 g/mol. The van der Waals surface area contributed by atoms with Crippen LogP contribution in [0.2, 0.25) is 0 Å². The number of rotatable bonds is 0. The first kappa shape index (κ1) is 42.9.